The molecule has 130 valence electrons. The minimum atomic E-state index is 0.736. The number of hydrogen-bond acceptors (Lipinski definition) is 1. The molecule has 5 rings (SSSR count). The van der Waals surface area contributed by atoms with Gasteiger partial charge in [-0.25, -0.2) is 4.98 Å². The Kier molecular flexibility index (Phi) is 3.73. The lowest BCUT2D eigenvalue weighted by molar-refractivity contribution is 1.23. The lowest BCUT2D eigenvalue weighted by Gasteiger charge is -2.11. The summed E-state index contributed by atoms with van der Waals surface area (Å²) in [5.74, 6) is 0. The SMILES string of the molecule is Cc1ccc2c(c1)nc1c(-c3ccc(Cl)cc3)ccc(-c3ccccc3)n12. The van der Waals surface area contributed by atoms with E-state index in [0.717, 1.165) is 38.5 Å². The molecule has 0 aliphatic rings. The van der Waals surface area contributed by atoms with E-state index in [1.54, 1.807) is 0 Å². The van der Waals surface area contributed by atoms with Crippen LogP contribution in [0.25, 0.3) is 39.1 Å². The van der Waals surface area contributed by atoms with E-state index in [-0.39, 0.29) is 0 Å². The summed E-state index contributed by atoms with van der Waals surface area (Å²) in [6.45, 7) is 2.10. The van der Waals surface area contributed by atoms with Crippen LogP contribution in [-0.2, 0) is 0 Å². The Balaban J connectivity index is 1.89. The van der Waals surface area contributed by atoms with Crippen molar-refractivity contribution in [1.82, 2.24) is 9.38 Å². The fourth-order valence-electron chi connectivity index (χ4n) is 3.62. The molecule has 0 aliphatic heterocycles. The smallest absolute Gasteiger partial charge is 0.146 e. The van der Waals surface area contributed by atoms with Crippen LogP contribution in [0.2, 0.25) is 5.02 Å². The monoisotopic (exact) mass is 368 g/mol. The zero-order chi connectivity index (χ0) is 18.4. The van der Waals surface area contributed by atoms with E-state index >= 15 is 0 Å². The zero-order valence-corrected chi connectivity index (χ0v) is 15.6. The van der Waals surface area contributed by atoms with Gasteiger partial charge in [0.1, 0.15) is 5.65 Å². The Bertz CT molecular complexity index is 1270. The van der Waals surface area contributed by atoms with E-state index in [1.165, 1.54) is 11.1 Å². The normalized spacial score (nSPS) is 11.3. The van der Waals surface area contributed by atoms with Gasteiger partial charge in [0.05, 0.1) is 16.7 Å². The van der Waals surface area contributed by atoms with Crippen molar-refractivity contribution >= 4 is 28.3 Å². The van der Waals surface area contributed by atoms with E-state index in [0.29, 0.717) is 0 Å². The summed E-state index contributed by atoms with van der Waals surface area (Å²) in [4.78, 5) is 4.99. The number of benzene rings is 3. The van der Waals surface area contributed by atoms with Gasteiger partial charge in [-0.15, -0.1) is 0 Å². The summed E-state index contributed by atoms with van der Waals surface area (Å²) in [5, 5.41) is 0.736. The van der Waals surface area contributed by atoms with Gasteiger partial charge in [-0.05, 0) is 60.0 Å². The largest absolute Gasteiger partial charge is 0.292 e. The molecule has 0 N–H and O–H groups in total. The van der Waals surface area contributed by atoms with E-state index in [2.05, 4.69) is 65.9 Å². The summed E-state index contributed by atoms with van der Waals surface area (Å²) in [5.41, 5.74) is 8.80. The molecule has 0 spiro atoms. The van der Waals surface area contributed by atoms with E-state index in [1.807, 2.05) is 30.3 Å². The summed E-state index contributed by atoms with van der Waals surface area (Å²) >= 11 is 6.08. The fourth-order valence-corrected chi connectivity index (χ4v) is 3.74. The minimum Gasteiger partial charge on any atom is -0.292 e. The van der Waals surface area contributed by atoms with Gasteiger partial charge in [0.15, 0.2) is 0 Å². The molecule has 5 aromatic rings. The van der Waals surface area contributed by atoms with Crippen molar-refractivity contribution in [3.8, 4) is 22.4 Å². The molecule has 0 fully saturated rings. The first-order valence-corrected chi connectivity index (χ1v) is 9.32. The van der Waals surface area contributed by atoms with E-state index < -0.39 is 0 Å². The molecule has 0 amide bonds. The van der Waals surface area contributed by atoms with Crippen LogP contribution in [0.3, 0.4) is 0 Å². The molecule has 2 heterocycles. The fraction of sp³-hybridized carbons (Fsp3) is 0.0417. The van der Waals surface area contributed by atoms with Gasteiger partial charge in [0.25, 0.3) is 0 Å². The van der Waals surface area contributed by atoms with E-state index in [4.69, 9.17) is 16.6 Å². The van der Waals surface area contributed by atoms with Gasteiger partial charge in [-0.3, -0.25) is 4.40 Å². The molecule has 2 nitrogen and oxygen atoms in total. The van der Waals surface area contributed by atoms with Crippen LogP contribution in [0.4, 0.5) is 0 Å². The molecule has 27 heavy (non-hydrogen) atoms. The summed E-state index contributed by atoms with van der Waals surface area (Å²) in [7, 11) is 0. The lowest BCUT2D eigenvalue weighted by Crippen LogP contribution is -1.94. The lowest BCUT2D eigenvalue weighted by atomic mass is 10.0. The van der Waals surface area contributed by atoms with Gasteiger partial charge >= 0.3 is 0 Å². The Morgan fingerprint density at radius 2 is 1.56 bits per heavy atom. The second-order valence-corrected chi connectivity index (χ2v) is 7.20. The molecule has 0 bridgehead atoms. The average molecular weight is 369 g/mol. The van der Waals surface area contributed by atoms with E-state index in [9.17, 15) is 0 Å². The van der Waals surface area contributed by atoms with Crippen molar-refractivity contribution < 1.29 is 0 Å². The number of imidazole rings is 1. The first kappa shape index (κ1) is 16.1. The molecule has 2 aromatic heterocycles. The maximum atomic E-state index is 6.08. The van der Waals surface area contributed by atoms with Crippen LogP contribution < -0.4 is 0 Å². The van der Waals surface area contributed by atoms with Gasteiger partial charge in [0.2, 0.25) is 0 Å². The van der Waals surface area contributed by atoms with Crippen LogP contribution in [-0.4, -0.2) is 9.38 Å². The van der Waals surface area contributed by atoms with Crippen LogP contribution in [0, 0.1) is 6.92 Å². The van der Waals surface area contributed by atoms with Crippen LogP contribution in [0.15, 0.2) is 84.9 Å². The topological polar surface area (TPSA) is 17.3 Å². The van der Waals surface area contributed by atoms with Gasteiger partial charge in [-0.2, -0.15) is 0 Å². The molecule has 3 aromatic carbocycles. The maximum absolute atomic E-state index is 6.08. The summed E-state index contributed by atoms with van der Waals surface area (Å²) in [6.07, 6.45) is 0. The molecular formula is C24H17ClN2. The quantitative estimate of drug-likeness (QED) is 0.335. The molecule has 0 radical (unpaired) electrons. The molecule has 0 unspecified atom stereocenters. The predicted octanol–water partition coefficient (Wildman–Crippen LogP) is 6.78. The first-order chi connectivity index (χ1) is 13.2. The Morgan fingerprint density at radius 1 is 0.778 bits per heavy atom. The van der Waals surface area contributed by atoms with Crippen molar-refractivity contribution in [2.24, 2.45) is 0 Å². The van der Waals surface area contributed by atoms with Crippen molar-refractivity contribution in [3.05, 3.63) is 95.5 Å². The van der Waals surface area contributed by atoms with Crippen molar-refractivity contribution in [2.75, 3.05) is 0 Å². The highest BCUT2D eigenvalue weighted by molar-refractivity contribution is 6.30. The first-order valence-electron chi connectivity index (χ1n) is 8.94. The molecule has 0 atom stereocenters. The number of nitrogens with zero attached hydrogens (tertiary/aromatic N) is 2. The highest BCUT2D eigenvalue weighted by Crippen LogP contribution is 2.33. The highest BCUT2D eigenvalue weighted by Gasteiger charge is 2.14. The standard InChI is InChI=1S/C24H17ClN2/c1-16-7-13-23-21(15-16)26-24-20(17-8-10-19(25)11-9-17)12-14-22(27(23)24)18-5-3-2-4-6-18/h2-15H,1H3. The van der Waals surface area contributed by atoms with Crippen LogP contribution in [0.1, 0.15) is 5.56 Å². The Labute approximate surface area is 162 Å². The number of fused-ring (bicyclic) bond motifs is 3. The summed E-state index contributed by atoms with van der Waals surface area (Å²) in [6, 6.07) is 29.1. The molecule has 0 saturated carbocycles. The third-order valence-corrected chi connectivity index (χ3v) is 5.18. The third-order valence-electron chi connectivity index (χ3n) is 4.92. The summed E-state index contributed by atoms with van der Waals surface area (Å²) < 4.78 is 2.26. The number of hydrogen-bond donors (Lipinski definition) is 0. The number of aromatic nitrogens is 2. The van der Waals surface area contributed by atoms with Crippen LogP contribution in [0.5, 0.6) is 0 Å². The second-order valence-electron chi connectivity index (χ2n) is 6.77. The van der Waals surface area contributed by atoms with Gasteiger partial charge < -0.3 is 0 Å². The molecular weight excluding hydrogens is 352 g/mol. The zero-order valence-electron chi connectivity index (χ0n) is 14.9. The van der Waals surface area contributed by atoms with Crippen LogP contribution >= 0.6 is 11.6 Å². The Morgan fingerprint density at radius 3 is 2.33 bits per heavy atom. The number of pyridine rings is 1. The minimum absolute atomic E-state index is 0.736. The molecule has 0 aliphatic carbocycles. The third kappa shape index (κ3) is 2.70. The number of aryl methyl sites for hydroxylation is 1. The highest BCUT2D eigenvalue weighted by atomic mass is 35.5. The molecule has 0 saturated heterocycles. The van der Waals surface area contributed by atoms with Gasteiger partial charge in [0, 0.05) is 10.6 Å². The van der Waals surface area contributed by atoms with Gasteiger partial charge in [-0.1, -0.05) is 60.1 Å². The maximum Gasteiger partial charge on any atom is 0.146 e. The van der Waals surface area contributed by atoms with Crippen molar-refractivity contribution in [3.63, 3.8) is 0 Å². The average Bonchev–Trinajstić information content (AvgIpc) is 3.07. The number of halogens is 1. The molecule has 3 heteroatoms. The number of rotatable bonds is 2. The van der Waals surface area contributed by atoms with Crippen molar-refractivity contribution in [2.45, 2.75) is 6.92 Å². The Hall–Kier alpha value is -3.10. The predicted molar refractivity (Wildman–Crippen MR) is 113 cm³/mol. The second kappa shape index (κ2) is 6.26. The van der Waals surface area contributed by atoms with Crippen molar-refractivity contribution in [1.29, 1.82) is 0 Å².